The minimum absolute atomic E-state index is 0.146. The first-order chi connectivity index (χ1) is 6.57. The maximum Gasteiger partial charge on any atom is 0.164 e. The van der Waals surface area contributed by atoms with Crippen LogP contribution in [0.4, 0.5) is 0 Å². The van der Waals surface area contributed by atoms with Gasteiger partial charge < -0.3 is 5.73 Å². The molecule has 0 aliphatic rings. The molecule has 0 amide bonds. The molecular weight excluding hydrogens is 174 g/mol. The maximum atomic E-state index is 11.6. The average molecular weight is 191 g/mol. The van der Waals surface area contributed by atoms with Gasteiger partial charge in [-0.3, -0.25) is 4.79 Å². The van der Waals surface area contributed by atoms with E-state index in [4.69, 9.17) is 5.73 Å². The van der Waals surface area contributed by atoms with Crippen LogP contribution >= 0.6 is 0 Å². The number of nitrogens with two attached hydrogens (primary N) is 1. The van der Waals surface area contributed by atoms with E-state index in [1.54, 1.807) is 0 Å². The number of benzene rings is 1. The van der Waals surface area contributed by atoms with Gasteiger partial charge in [-0.25, -0.2) is 0 Å². The van der Waals surface area contributed by atoms with Gasteiger partial charge in [-0.2, -0.15) is 0 Å². The van der Waals surface area contributed by atoms with E-state index < -0.39 is 0 Å². The van der Waals surface area contributed by atoms with Crippen LogP contribution in [0.15, 0.2) is 12.1 Å². The van der Waals surface area contributed by atoms with Gasteiger partial charge in [0.1, 0.15) is 0 Å². The Kier molecular flexibility index (Phi) is 3.42. The first-order valence-corrected chi connectivity index (χ1v) is 4.88. The molecule has 0 aliphatic heterocycles. The number of carbonyl (C=O) groups excluding carboxylic acids is 1. The molecule has 0 spiro atoms. The molecular formula is C12H17NO. The summed E-state index contributed by atoms with van der Waals surface area (Å²) < 4.78 is 0. The lowest BCUT2D eigenvalue weighted by Crippen LogP contribution is -2.10. The third-order valence-corrected chi connectivity index (χ3v) is 2.73. The predicted molar refractivity (Wildman–Crippen MR) is 58.7 cm³/mol. The molecule has 0 bridgehead atoms. The predicted octanol–water partition coefficient (Wildman–Crippen LogP) is 2.14. The van der Waals surface area contributed by atoms with Crippen molar-refractivity contribution in [2.45, 2.75) is 27.2 Å². The monoisotopic (exact) mass is 191 g/mol. The van der Waals surface area contributed by atoms with E-state index in [1.807, 2.05) is 26.0 Å². The van der Waals surface area contributed by atoms with E-state index in [0.29, 0.717) is 13.0 Å². The van der Waals surface area contributed by atoms with E-state index in [0.717, 1.165) is 11.1 Å². The highest BCUT2D eigenvalue weighted by molar-refractivity contribution is 5.97. The number of aryl methyl sites for hydroxylation is 1. The van der Waals surface area contributed by atoms with E-state index >= 15 is 0 Å². The maximum absolute atomic E-state index is 11.6. The van der Waals surface area contributed by atoms with Gasteiger partial charge in [0, 0.05) is 12.0 Å². The van der Waals surface area contributed by atoms with Crippen molar-refractivity contribution in [3.63, 3.8) is 0 Å². The van der Waals surface area contributed by atoms with Crippen LogP contribution in [0.1, 0.15) is 33.5 Å². The molecule has 0 radical (unpaired) electrons. The quantitative estimate of drug-likeness (QED) is 0.744. The summed E-state index contributed by atoms with van der Waals surface area (Å²) in [5, 5.41) is 0. The summed E-state index contributed by atoms with van der Waals surface area (Å²) >= 11 is 0. The van der Waals surface area contributed by atoms with Crippen LogP contribution in [-0.4, -0.2) is 12.3 Å². The number of hydrogen-bond acceptors (Lipinski definition) is 2. The molecule has 1 aromatic carbocycles. The fourth-order valence-corrected chi connectivity index (χ4v) is 1.52. The van der Waals surface area contributed by atoms with E-state index in [-0.39, 0.29) is 5.78 Å². The van der Waals surface area contributed by atoms with Crippen LogP contribution in [0, 0.1) is 20.8 Å². The molecule has 0 saturated carbocycles. The van der Waals surface area contributed by atoms with Gasteiger partial charge in [0.25, 0.3) is 0 Å². The lowest BCUT2D eigenvalue weighted by molar-refractivity contribution is 0.0985. The van der Waals surface area contributed by atoms with Crippen molar-refractivity contribution in [1.29, 1.82) is 0 Å². The fourth-order valence-electron chi connectivity index (χ4n) is 1.52. The van der Waals surface area contributed by atoms with Gasteiger partial charge in [0.15, 0.2) is 5.78 Å². The number of ketones is 1. The molecule has 2 nitrogen and oxygen atoms in total. The Bertz CT molecular complexity index is 356. The Labute approximate surface area is 85.1 Å². The third-order valence-electron chi connectivity index (χ3n) is 2.73. The zero-order valence-corrected chi connectivity index (χ0v) is 9.05. The second-order valence-electron chi connectivity index (χ2n) is 3.64. The molecule has 76 valence electrons. The highest BCUT2D eigenvalue weighted by Crippen LogP contribution is 2.18. The van der Waals surface area contributed by atoms with E-state index in [1.165, 1.54) is 11.1 Å². The minimum atomic E-state index is 0.146. The van der Waals surface area contributed by atoms with Gasteiger partial charge >= 0.3 is 0 Å². The summed E-state index contributed by atoms with van der Waals surface area (Å²) in [6.45, 7) is 6.51. The summed E-state index contributed by atoms with van der Waals surface area (Å²) in [6, 6.07) is 3.89. The molecule has 0 heterocycles. The largest absolute Gasteiger partial charge is 0.330 e. The van der Waals surface area contributed by atoms with E-state index in [9.17, 15) is 4.79 Å². The van der Waals surface area contributed by atoms with Gasteiger partial charge in [0.2, 0.25) is 0 Å². The second kappa shape index (κ2) is 4.38. The lowest BCUT2D eigenvalue weighted by atomic mass is 9.95. The molecule has 0 saturated heterocycles. The van der Waals surface area contributed by atoms with Crippen LogP contribution in [-0.2, 0) is 0 Å². The fraction of sp³-hybridized carbons (Fsp3) is 0.417. The van der Waals surface area contributed by atoms with Crippen molar-refractivity contribution < 1.29 is 4.79 Å². The first-order valence-electron chi connectivity index (χ1n) is 4.88. The van der Waals surface area contributed by atoms with Crippen molar-refractivity contribution in [2.24, 2.45) is 5.73 Å². The van der Waals surface area contributed by atoms with Crippen molar-refractivity contribution in [3.05, 3.63) is 34.4 Å². The molecule has 1 rings (SSSR count). The van der Waals surface area contributed by atoms with Gasteiger partial charge in [-0.15, -0.1) is 0 Å². The Morgan fingerprint density at radius 3 is 2.43 bits per heavy atom. The van der Waals surface area contributed by atoms with Gasteiger partial charge in [-0.1, -0.05) is 12.1 Å². The zero-order valence-electron chi connectivity index (χ0n) is 9.05. The number of carbonyl (C=O) groups is 1. The molecule has 0 aliphatic carbocycles. The van der Waals surface area contributed by atoms with Crippen molar-refractivity contribution in [2.75, 3.05) is 6.54 Å². The molecule has 0 atom stereocenters. The highest BCUT2D eigenvalue weighted by Gasteiger charge is 2.10. The normalized spacial score (nSPS) is 10.3. The van der Waals surface area contributed by atoms with Gasteiger partial charge in [-0.05, 0) is 44.0 Å². The Morgan fingerprint density at radius 2 is 1.86 bits per heavy atom. The molecule has 2 heteroatoms. The van der Waals surface area contributed by atoms with Crippen molar-refractivity contribution in [1.82, 2.24) is 0 Å². The minimum Gasteiger partial charge on any atom is -0.330 e. The molecule has 0 fully saturated rings. The molecule has 14 heavy (non-hydrogen) atoms. The van der Waals surface area contributed by atoms with Gasteiger partial charge in [0.05, 0.1) is 0 Å². The van der Waals surface area contributed by atoms with E-state index in [2.05, 4.69) is 6.92 Å². The number of hydrogen-bond donors (Lipinski definition) is 1. The van der Waals surface area contributed by atoms with Crippen LogP contribution in [0.25, 0.3) is 0 Å². The average Bonchev–Trinajstić information content (AvgIpc) is 2.15. The smallest absolute Gasteiger partial charge is 0.164 e. The summed E-state index contributed by atoms with van der Waals surface area (Å²) in [7, 11) is 0. The summed E-state index contributed by atoms with van der Waals surface area (Å²) in [4.78, 5) is 11.6. The summed E-state index contributed by atoms with van der Waals surface area (Å²) in [5.74, 6) is 0.146. The van der Waals surface area contributed by atoms with Crippen LogP contribution in [0.2, 0.25) is 0 Å². The first kappa shape index (κ1) is 10.9. The zero-order chi connectivity index (χ0) is 10.7. The van der Waals surface area contributed by atoms with Crippen LogP contribution < -0.4 is 5.73 Å². The molecule has 0 unspecified atom stereocenters. The summed E-state index contributed by atoms with van der Waals surface area (Å²) in [5.41, 5.74) is 9.70. The topological polar surface area (TPSA) is 43.1 Å². The third kappa shape index (κ3) is 2.02. The highest BCUT2D eigenvalue weighted by atomic mass is 16.1. The number of Topliss-reactive ketones (excluding diaryl/α,β-unsaturated/α-hetero) is 1. The van der Waals surface area contributed by atoms with Crippen molar-refractivity contribution >= 4 is 5.78 Å². The van der Waals surface area contributed by atoms with Crippen LogP contribution in [0.5, 0.6) is 0 Å². The molecule has 1 aromatic rings. The summed E-state index contributed by atoms with van der Waals surface area (Å²) in [6.07, 6.45) is 0.434. The van der Waals surface area contributed by atoms with Crippen LogP contribution in [0.3, 0.4) is 0 Å². The molecule has 0 aromatic heterocycles. The number of rotatable bonds is 3. The second-order valence-corrected chi connectivity index (χ2v) is 3.64. The Balaban J connectivity index is 3.11. The SMILES string of the molecule is Cc1ccc(C(=O)CCN)c(C)c1C. The van der Waals surface area contributed by atoms with Crippen molar-refractivity contribution in [3.8, 4) is 0 Å². The Morgan fingerprint density at radius 1 is 1.21 bits per heavy atom. The lowest BCUT2D eigenvalue weighted by Gasteiger charge is -2.09. The molecule has 2 N–H and O–H groups in total. The standard InChI is InChI=1S/C12H17NO/c1-8-4-5-11(10(3)9(8)2)12(14)6-7-13/h4-5H,6-7,13H2,1-3H3. The Hall–Kier alpha value is -1.15.